The third kappa shape index (κ3) is 9.54. The molecule has 2 heteroatoms. The molecule has 0 N–H and O–H groups in total. The number of rotatable bonds is 9. The van der Waals surface area contributed by atoms with E-state index in [4.69, 9.17) is 4.74 Å². The van der Waals surface area contributed by atoms with Gasteiger partial charge in [0.1, 0.15) is 5.78 Å². The van der Waals surface area contributed by atoms with E-state index in [2.05, 4.69) is 6.92 Å². The lowest BCUT2D eigenvalue weighted by Gasteiger charge is -2.02. The van der Waals surface area contributed by atoms with Crippen LogP contribution in [0.1, 0.15) is 52.4 Å². The SMILES string of the molecule is CCCCCCOCCC(=O)CC. The van der Waals surface area contributed by atoms with Crippen LogP contribution in [0, 0.1) is 0 Å². The van der Waals surface area contributed by atoms with Crippen molar-refractivity contribution in [3.63, 3.8) is 0 Å². The first-order valence-corrected chi connectivity index (χ1v) is 5.40. The van der Waals surface area contributed by atoms with Gasteiger partial charge in [-0.25, -0.2) is 0 Å². The zero-order chi connectivity index (χ0) is 9.94. The van der Waals surface area contributed by atoms with Gasteiger partial charge in [0.25, 0.3) is 0 Å². The standard InChI is InChI=1S/C11H22O2/c1-3-5-6-7-9-13-10-8-11(12)4-2/h3-10H2,1-2H3. The van der Waals surface area contributed by atoms with Gasteiger partial charge in [-0.1, -0.05) is 33.1 Å². The summed E-state index contributed by atoms with van der Waals surface area (Å²) < 4.78 is 5.33. The quantitative estimate of drug-likeness (QED) is 0.517. The molecule has 0 aromatic heterocycles. The summed E-state index contributed by atoms with van der Waals surface area (Å²) in [4.78, 5) is 10.9. The first-order valence-electron chi connectivity index (χ1n) is 5.40. The topological polar surface area (TPSA) is 26.3 Å². The molecule has 0 saturated heterocycles. The summed E-state index contributed by atoms with van der Waals surface area (Å²) in [6.07, 6.45) is 6.15. The van der Waals surface area contributed by atoms with Gasteiger partial charge in [-0.3, -0.25) is 4.79 Å². The van der Waals surface area contributed by atoms with Crippen LogP contribution in [0.2, 0.25) is 0 Å². The molecule has 0 fully saturated rings. The normalized spacial score (nSPS) is 10.3. The fraction of sp³-hybridized carbons (Fsp3) is 0.909. The maximum absolute atomic E-state index is 10.9. The van der Waals surface area contributed by atoms with Crippen molar-refractivity contribution < 1.29 is 9.53 Å². The first-order chi connectivity index (χ1) is 6.31. The molecule has 0 heterocycles. The largest absolute Gasteiger partial charge is 0.381 e. The molecule has 0 bridgehead atoms. The Morgan fingerprint density at radius 1 is 1.08 bits per heavy atom. The number of ether oxygens (including phenoxy) is 1. The molecule has 0 spiro atoms. The van der Waals surface area contributed by atoms with E-state index in [-0.39, 0.29) is 0 Å². The molecule has 0 aromatic carbocycles. The summed E-state index contributed by atoms with van der Waals surface area (Å²) in [7, 11) is 0. The highest BCUT2D eigenvalue weighted by atomic mass is 16.5. The number of carbonyl (C=O) groups excluding carboxylic acids is 1. The smallest absolute Gasteiger partial charge is 0.134 e. The molecular weight excluding hydrogens is 164 g/mol. The van der Waals surface area contributed by atoms with Gasteiger partial charge >= 0.3 is 0 Å². The molecular formula is C11H22O2. The van der Waals surface area contributed by atoms with Crippen LogP contribution in [0.4, 0.5) is 0 Å². The summed E-state index contributed by atoms with van der Waals surface area (Å²) in [6.45, 7) is 5.51. The van der Waals surface area contributed by atoms with E-state index in [1.165, 1.54) is 19.3 Å². The van der Waals surface area contributed by atoms with E-state index >= 15 is 0 Å². The minimum Gasteiger partial charge on any atom is -0.381 e. The maximum atomic E-state index is 10.9. The molecule has 0 radical (unpaired) electrons. The molecule has 0 aliphatic rings. The van der Waals surface area contributed by atoms with Crippen LogP contribution < -0.4 is 0 Å². The number of Topliss-reactive ketones (excluding diaryl/α,β-unsaturated/α-hetero) is 1. The van der Waals surface area contributed by atoms with Crippen molar-refractivity contribution in [3.05, 3.63) is 0 Å². The molecule has 0 rings (SSSR count). The Hall–Kier alpha value is -0.370. The van der Waals surface area contributed by atoms with Crippen LogP contribution in [-0.2, 0) is 9.53 Å². The molecule has 78 valence electrons. The zero-order valence-electron chi connectivity index (χ0n) is 8.97. The Balaban J connectivity index is 2.95. The van der Waals surface area contributed by atoms with Gasteiger partial charge in [-0.15, -0.1) is 0 Å². The van der Waals surface area contributed by atoms with Gasteiger partial charge in [0.15, 0.2) is 0 Å². The summed E-state index contributed by atoms with van der Waals surface area (Å²) in [5.74, 6) is 0.300. The minimum absolute atomic E-state index is 0.300. The second-order valence-corrected chi connectivity index (χ2v) is 3.32. The van der Waals surface area contributed by atoms with Gasteiger partial charge in [0.2, 0.25) is 0 Å². The average Bonchev–Trinajstić information content (AvgIpc) is 2.16. The Bertz CT molecular complexity index is 121. The number of ketones is 1. The van der Waals surface area contributed by atoms with Gasteiger partial charge in [0, 0.05) is 19.4 Å². The summed E-state index contributed by atoms with van der Waals surface area (Å²) in [5, 5.41) is 0. The predicted octanol–water partition coefficient (Wildman–Crippen LogP) is 2.95. The van der Waals surface area contributed by atoms with E-state index < -0.39 is 0 Å². The maximum Gasteiger partial charge on any atom is 0.134 e. The molecule has 13 heavy (non-hydrogen) atoms. The van der Waals surface area contributed by atoms with Crippen LogP contribution >= 0.6 is 0 Å². The van der Waals surface area contributed by atoms with E-state index in [1.54, 1.807) is 0 Å². The van der Waals surface area contributed by atoms with E-state index in [0.29, 0.717) is 25.2 Å². The number of carbonyl (C=O) groups is 1. The molecule has 0 saturated carbocycles. The number of hydrogen-bond donors (Lipinski definition) is 0. The van der Waals surface area contributed by atoms with Crippen LogP contribution in [-0.4, -0.2) is 19.0 Å². The van der Waals surface area contributed by atoms with Crippen LogP contribution in [0.3, 0.4) is 0 Å². The van der Waals surface area contributed by atoms with Crippen molar-refractivity contribution in [3.8, 4) is 0 Å². The van der Waals surface area contributed by atoms with Crippen LogP contribution in [0.5, 0.6) is 0 Å². The monoisotopic (exact) mass is 186 g/mol. The minimum atomic E-state index is 0.300. The fourth-order valence-electron chi connectivity index (χ4n) is 1.10. The lowest BCUT2D eigenvalue weighted by molar-refractivity contribution is -0.119. The van der Waals surface area contributed by atoms with Crippen molar-refractivity contribution >= 4 is 5.78 Å². The zero-order valence-corrected chi connectivity index (χ0v) is 8.97. The van der Waals surface area contributed by atoms with Crippen LogP contribution in [0.25, 0.3) is 0 Å². The average molecular weight is 186 g/mol. The highest BCUT2D eigenvalue weighted by Gasteiger charge is 1.96. The molecule has 0 aromatic rings. The fourth-order valence-corrected chi connectivity index (χ4v) is 1.10. The highest BCUT2D eigenvalue weighted by Crippen LogP contribution is 1.99. The third-order valence-electron chi connectivity index (χ3n) is 2.06. The molecule has 0 aliphatic carbocycles. The Kier molecular flexibility index (Phi) is 9.44. The van der Waals surface area contributed by atoms with Crippen molar-refractivity contribution in [1.29, 1.82) is 0 Å². The first kappa shape index (κ1) is 12.6. The Labute approximate surface area is 81.7 Å². The number of hydrogen-bond acceptors (Lipinski definition) is 2. The van der Waals surface area contributed by atoms with E-state index in [0.717, 1.165) is 13.0 Å². The molecule has 0 atom stereocenters. The summed E-state index contributed by atoms with van der Waals surface area (Å²) in [5.41, 5.74) is 0. The lowest BCUT2D eigenvalue weighted by Crippen LogP contribution is -2.03. The summed E-state index contributed by atoms with van der Waals surface area (Å²) in [6, 6.07) is 0. The number of unbranched alkanes of at least 4 members (excludes halogenated alkanes) is 3. The van der Waals surface area contributed by atoms with E-state index in [1.807, 2.05) is 6.92 Å². The highest BCUT2D eigenvalue weighted by molar-refractivity contribution is 5.78. The van der Waals surface area contributed by atoms with Gasteiger partial charge in [-0.05, 0) is 6.42 Å². The Morgan fingerprint density at radius 3 is 2.46 bits per heavy atom. The molecule has 0 aliphatic heterocycles. The van der Waals surface area contributed by atoms with Crippen LogP contribution in [0.15, 0.2) is 0 Å². The third-order valence-corrected chi connectivity index (χ3v) is 2.06. The molecule has 2 nitrogen and oxygen atoms in total. The molecule has 0 unspecified atom stereocenters. The Morgan fingerprint density at radius 2 is 1.85 bits per heavy atom. The lowest BCUT2D eigenvalue weighted by atomic mass is 10.2. The predicted molar refractivity (Wildman–Crippen MR) is 54.9 cm³/mol. The molecule has 0 amide bonds. The second kappa shape index (κ2) is 9.72. The van der Waals surface area contributed by atoms with Crippen molar-refractivity contribution in [2.24, 2.45) is 0 Å². The van der Waals surface area contributed by atoms with Crippen molar-refractivity contribution in [2.75, 3.05) is 13.2 Å². The van der Waals surface area contributed by atoms with E-state index in [9.17, 15) is 4.79 Å². The van der Waals surface area contributed by atoms with Crippen molar-refractivity contribution in [2.45, 2.75) is 52.4 Å². The second-order valence-electron chi connectivity index (χ2n) is 3.32. The van der Waals surface area contributed by atoms with Gasteiger partial charge in [-0.2, -0.15) is 0 Å². The van der Waals surface area contributed by atoms with Gasteiger partial charge < -0.3 is 4.74 Å². The summed E-state index contributed by atoms with van der Waals surface area (Å²) >= 11 is 0. The van der Waals surface area contributed by atoms with Crippen molar-refractivity contribution in [1.82, 2.24) is 0 Å². The van der Waals surface area contributed by atoms with Gasteiger partial charge in [0.05, 0.1) is 6.61 Å².